The molecule has 1 heterocycles. The van der Waals surface area contributed by atoms with E-state index in [1.807, 2.05) is 44.2 Å². The molecule has 1 aromatic carbocycles. The van der Waals surface area contributed by atoms with Gasteiger partial charge in [-0.25, -0.2) is 0 Å². The van der Waals surface area contributed by atoms with Crippen molar-refractivity contribution in [3.63, 3.8) is 0 Å². The SMILES string of the molecule is CC1OC(c2ccccc2)O[C@H]1C. The molecule has 0 aliphatic carbocycles. The average molecular weight is 178 g/mol. The van der Waals surface area contributed by atoms with Crippen molar-refractivity contribution >= 4 is 0 Å². The largest absolute Gasteiger partial charge is 0.343 e. The Kier molecular flexibility index (Phi) is 2.34. The number of hydrogen-bond acceptors (Lipinski definition) is 2. The molecule has 3 atom stereocenters. The second kappa shape index (κ2) is 3.48. The molecule has 1 aromatic rings. The van der Waals surface area contributed by atoms with Crippen molar-refractivity contribution in [1.29, 1.82) is 0 Å². The van der Waals surface area contributed by atoms with E-state index in [4.69, 9.17) is 9.47 Å². The number of ether oxygens (including phenoxy) is 2. The number of benzene rings is 1. The highest BCUT2D eigenvalue weighted by atomic mass is 16.7. The van der Waals surface area contributed by atoms with Crippen LogP contribution in [0.25, 0.3) is 0 Å². The van der Waals surface area contributed by atoms with E-state index in [1.54, 1.807) is 0 Å². The predicted octanol–water partition coefficient (Wildman–Crippen LogP) is 2.51. The topological polar surface area (TPSA) is 18.5 Å². The van der Waals surface area contributed by atoms with E-state index in [0.29, 0.717) is 0 Å². The first kappa shape index (κ1) is 8.73. The van der Waals surface area contributed by atoms with Crippen molar-refractivity contribution in [2.75, 3.05) is 0 Å². The number of rotatable bonds is 1. The van der Waals surface area contributed by atoms with Gasteiger partial charge in [-0.2, -0.15) is 0 Å². The lowest BCUT2D eigenvalue weighted by Gasteiger charge is -2.09. The maximum absolute atomic E-state index is 5.64. The highest BCUT2D eigenvalue weighted by Gasteiger charge is 2.30. The fourth-order valence-electron chi connectivity index (χ4n) is 1.41. The molecule has 1 aliphatic heterocycles. The third-order valence-electron chi connectivity index (χ3n) is 2.41. The summed E-state index contributed by atoms with van der Waals surface area (Å²) in [6.07, 6.45) is 0.196. The summed E-state index contributed by atoms with van der Waals surface area (Å²) in [7, 11) is 0. The van der Waals surface area contributed by atoms with Crippen LogP contribution < -0.4 is 0 Å². The van der Waals surface area contributed by atoms with Crippen molar-refractivity contribution in [2.45, 2.75) is 32.3 Å². The molecule has 13 heavy (non-hydrogen) atoms. The summed E-state index contributed by atoms with van der Waals surface area (Å²) >= 11 is 0. The van der Waals surface area contributed by atoms with Crippen LogP contribution in [-0.4, -0.2) is 12.2 Å². The summed E-state index contributed by atoms with van der Waals surface area (Å²) in [5.74, 6) is 0. The van der Waals surface area contributed by atoms with Crippen LogP contribution >= 0.6 is 0 Å². The molecule has 0 saturated carbocycles. The van der Waals surface area contributed by atoms with Gasteiger partial charge in [0.2, 0.25) is 0 Å². The molecular weight excluding hydrogens is 164 g/mol. The van der Waals surface area contributed by atoms with Crippen LogP contribution in [0, 0.1) is 0 Å². The monoisotopic (exact) mass is 178 g/mol. The molecule has 0 radical (unpaired) electrons. The average Bonchev–Trinajstić information content (AvgIpc) is 2.49. The maximum Gasteiger partial charge on any atom is 0.184 e. The lowest BCUT2D eigenvalue weighted by Crippen LogP contribution is -2.13. The Hall–Kier alpha value is -0.860. The Labute approximate surface area is 78.5 Å². The van der Waals surface area contributed by atoms with Gasteiger partial charge in [-0.1, -0.05) is 30.3 Å². The predicted molar refractivity (Wildman–Crippen MR) is 50.3 cm³/mol. The first-order chi connectivity index (χ1) is 6.27. The third kappa shape index (κ3) is 1.74. The van der Waals surface area contributed by atoms with Crippen LogP contribution in [0.2, 0.25) is 0 Å². The van der Waals surface area contributed by atoms with E-state index in [9.17, 15) is 0 Å². The van der Waals surface area contributed by atoms with E-state index < -0.39 is 0 Å². The van der Waals surface area contributed by atoms with E-state index in [0.717, 1.165) is 5.56 Å². The molecule has 0 amide bonds. The molecule has 0 bridgehead atoms. The Balaban J connectivity index is 2.12. The van der Waals surface area contributed by atoms with E-state index in [2.05, 4.69) is 0 Å². The molecule has 2 rings (SSSR count). The van der Waals surface area contributed by atoms with E-state index >= 15 is 0 Å². The summed E-state index contributed by atoms with van der Waals surface area (Å²) in [5, 5.41) is 0. The highest BCUT2D eigenvalue weighted by molar-refractivity contribution is 5.16. The molecule has 0 N–H and O–H groups in total. The standard InChI is InChI=1S/C11H14O2/c1-8-9(2)13-11(12-8)10-6-4-3-5-7-10/h3-9,11H,1-2H3/t8-,9?,11?/m0/s1. The van der Waals surface area contributed by atoms with Gasteiger partial charge in [-0.05, 0) is 13.8 Å². The van der Waals surface area contributed by atoms with Crippen molar-refractivity contribution < 1.29 is 9.47 Å². The van der Waals surface area contributed by atoms with Gasteiger partial charge in [-0.3, -0.25) is 0 Å². The van der Waals surface area contributed by atoms with Crippen molar-refractivity contribution in [2.24, 2.45) is 0 Å². The Bertz CT molecular complexity index is 261. The molecule has 2 unspecified atom stereocenters. The molecule has 1 saturated heterocycles. The first-order valence-electron chi connectivity index (χ1n) is 4.63. The lowest BCUT2D eigenvalue weighted by atomic mass is 10.2. The molecule has 0 spiro atoms. The fraction of sp³-hybridized carbons (Fsp3) is 0.455. The van der Waals surface area contributed by atoms with Crippen molar-refractivity contribution in [3.8, 4) is 0 Å². The molecule has 70 valence electrons. The molecule has 2 nitrogen and oxygen atoms in total. The molecule has 1 fully saturated rings. The van der Waals surface area contributed by atoms with Gasteiger partial charge < -0.3 is 9.47 Å². The zero-order chi connectivity index (χ0) is 9.26. The van der Waals surface area contributed by atoms with Crippen molar-refractivity contribution in [3.05, 3.63) is 35.9 Å². The summed E-state index contributed by atoms with van der Waals surface area (Å²) in [6, 6.07) is 10.0. The van der Waals surface area contributed by atoms with Gasteiger partial charge in [0.05, 0.1) is 12.2 Å². The van der Waals surface area contributed by atoms with E-state index in [-0.39, 0.29) is 18.5 Å². The van der Waals surface area contributed by atoms with Crippen LogP contribution in [0.1, 0.15) is 25.7 Å². The zero-order valence-corrected chi connectivity index (χ0v) is 7.94. The van der Waals surface area contributed by atoms with Gasteiger partial charge in [0, 0.05) is 5.56 Å². The second-order valence-electron chi connectivity index (χ2n) is 3.43. The molecule has 2 heteroatoms. The summed E-state index contributed by atoms with van der Waals surface area (Å²) < 4.78 is 11.3. The van der Waals surface area contributed by atoms with E-state index in [1.165, 1.54) is 0 Å². The summed E-state index contributed by atoms with van der Waals surface area (Å²) in [5.41, 5.74) is 1.10. The Morgan fingerprint density at radius 3 is 2.00 bits per heavy atom. The first-order valence-corrected chi connectivity index (χ1v) is 4.63. The second-order valence-corrected chi connectivity index (χ2v) is 3.43. The van der Waals surface area contributed by atoms with Gasteiger partial charge in [0.25, 0.3) is 0 Å². The quantitative estimate of drug-likeness (QED) is 0.657. The lowest BCUT2D eigenvalue weighted by molar-refractivity contribution is -0.0652. The summed E-state index contributed by atoms with van der Waals surface area (Å²) in [6.45, 7) is 4.07. The maximum atomic E-state index is 5.64. The normalized spacial score (nSPS) is 33.5. The Morgan fingerprint density at radius 2 is 1.46 bits per heavy atom. The minimum atomic E-state index is -0.175. The third-order valence-corrected chi connectivity index (χ3v) is 2.41. The van der Waals surface area contributed by atoms with Gasteiger partial charge in [0.15, 0.2) is 6.29 Å². The van der Waals surface area contributed by atoms with Crippen LogP contribution in [0.5, 0.6) is 0 Å². The van der Waals surface area contributed by atoms with Crippen LogP contribution in [0.3, 0.4) is 0 Å². The zero-order valence-electron chi connectivity index (χ0n) is 7.94. The van der Waals surface area contributed by atoms with Crippen LogP contribution in [0.15, 0.2) is 30.3 Å². The van der Waals surface area contributed by atoms with Gasteiger partial charge in [0.1, 0.15) is 0 Å². The minimum Gasteiger partial charge on any atom is -0.343 e. The number of hydrogen-bond donors (Lipinski definition) is 0. The van der Waals surface area contributed by atoms with Gasteiger partial charge in [-0.15, -0.1) is 0 Å². The Morgan fingerprint density at radius 1 is 0.923 bits per heavy atom. The smallest absolute Gasteiger partial charge is 0.184 e. The van der Waals surface area contributed by atoms with Crippen LogP contribution in [-0.2, 0) is 9.47 Å². The minimum absolute atomic E-state index is 0.175. The van der Waals surface area contributed by atoms with Crippen LogP contribution in [0.4, 0.5) is 0 Å². The highest BCUT2D eigenvalue weighted by Crippen LogP contribution is 2.30. The molecule has 0 aromatic heterocycles. The van der Waals surface area contributed by atoms with Gasteiger partial charge >= 0.3 is 0 Å². The summed E-state index contributed by atoms with van der Waals surface area (Å²) in [4.78, 5) is 0. The van der Waals surface area contributed by atoms with Crippen molar-refractivity contribution in [1.82, 2.24) is 0 Å². The molecular formula is C11H14O2. The fourth-order valence-corrected chi connectivity index (χ4v) is 1.41. The molecule has 1 aliphatic rings.